The zero-order valence-electron chi connectivity index (χ0n) is 19.6. The first-order chi connectivity index (χ1) is 16.8. The highest BCUT2D eigenvalue weighted by Gasteiger charge is 2.49. The molecule has 2 aromatic rings. The van der Waals surface area contributed by atoms with E-state index in [4.69, 9.17) is 9.84 Å². The Morgan fingerprint density at radius 3 is 2.66 bits per heavy atom. The summed E-state index contributed by atoms with van der Waals surface area (Å²) in [6.45, 7) is 1.45. The van der Waals surface area contributed by atoms with Gasteiger partial charge in [-0.05, 0) is 54.3 Å². The summed E-state index contributed by atoms with van der Waals surface area (Å²) in [6.07, 6.45) is 0.357. The van der Waals surface area contributed by atoms with E-state index in [-0.39, 0.29) is 18.4 Å². The lowest BCUT2D eigenvalue weighted by molar-refractivity contribution is -0.143. The number of hydrogen-bond donors (Lipinski definition) is 2. The van der Waals surface area contributed by atoms with E-state index in [1.54, 1.807) is 18.3 Å². The first-order valence-electron chi connectivity index (χ1n) is 11.5. The van der Waals surface area contributed by atoms with Gasteiger partial charge in [-0.2, -0.15) is 0 Å². The Hall–Kier alpha value is -3.53. The van der Waals surface area contributed by atoms with E-state index >= 15 is 0 Å². The van der Waals surface area contributed by atoms with Gasteiger partial charge in [-0.3, -0.25) is 14.4 Å². The standard InChI is InChI=1S/C25H28FN3O6/c1-14-9-15(3-4-20(14)35-21-6-8-29(12-19(21)26)23(31)13-30)16-5-7-27-22(10-16)28-24(32)17-11-18(17)25(33)34-2/h3-5,7,9-10,17-19,21,30H,6,8,11-13H2,1-2H3,(H,27,28,32)/t17-,18-,19-,21+/m1/s1. The molecule has 0 unspecified atom stereocenters. The first kappa shape index (κ1) is 24.6. The average molecular weight is 486 g/mol. The number of pyridine rings is 1. The Bertz CT molecular complexity index is 1130. The van der Waals surface area contributed by atoms with E-state index < -0.39 is 36.6 Å². The number of piperidine rings is 1. The molecule has 0 bridgehead atoms. The molecule has 9 nitrogen and oxygen atoms in total. The number of anilines is 1. The Kier molecular flexibility index (Phi) is 7.30. The van der Waals surface area contributed by atoms with E-state index in [1.807, 2.05) is 25.1 Å². The van der Waals surface area contributed by atoms with Gasteiger partial charge in [0, 0.05) is 19.2 Å². The molecule has 1 aromatic carbocycles. The number of carbonyl (C=O) groups is 3. The molecular formula is C25H28FN3O6. The van der Waals surface area contributed by atoms with Gasteiger partial charge in [-0.15, -0.1) is 0 Å². The Morgan fingerprint density at radius 1 is 1.20 bits per heavy atom. The summed E-state index contributed by atoms with van der Waals surface area (Å²) in [7, 11) is 1.30. The lowest BCUT2D eigenvalue weighted by Crippen LogP contribution is -2.50. The molecule has 1 saturated carbocycles. The van der Waals surface area contributed by atoms with Crippen molar-refractivity contribution in [2.45, 2.75) is 32.0 Å². The topological polar surface area (TPSA) is 118 Å². The van der Waals surface area contributed by atoms with Gasteiger partial charge < -0.3 is 24.8 Å². The number of methoxy groups -OCH3 is 1. The van der Waals surface area contributed by atoms with Crippen molar-refractivity contribution in [2.75, 3.05) is 32.1 Å². The zero-order valence-corrected chi connectivity index (χ0v) is 19.6. The number of aromatic nitrogens is 1. The number of halogens is 1. The molecule has 1 aliphatic heterocycles. The zero-order chi connectivity index (χ0) is 25.1. The highest BCUT2D eigenvalue weighted by atomic mass is 19.1. The van der Waals surface area contributed by atoms with Crippen LogP contribution in [-0.2, 0) is 19.1 Å². The van der Waals surface area contributed by atoms with Gasteiger partial charge in [0.15, 0.2) is 6.17 Å². The van der Waals surface area contributed by atoms with E-state index in [0.29, 0.717) is 31.0 Å². The normalized spacial score (nSPS) is 23.4. The van der Waals surface area contributed by atoms with Crippen LogP contribution in [0.25, 0.3) is 11.1 Å². The molecule has 35 heavy (non-hydrogen) atoms. The fourth-order valence-corrected chi connectivity index (χ4v) is 4.26. The minimum atomic E-state index is -1.35. The molecule has 1 aromatic heterocycles. The van der Waals surface area contributed by atoms with Crippen LogP contribution in [0.1, 0.15) is 18.4 Å². The fourth-order valence-electron chi connectivity index (χ4n) is 4.26. The van der Waals surface area contributed by atoms with Gasteiger partial charge in [0.1, 0.15) is 24.3 Å². The van der Waals surface area contributed by atoms with Crippen molar-refractivity contribution in [2.24, 2.45) is 11.8 Å². The molecule has 1 saturated heterocycles. The van der Waals surface area contributed by atoms with E-state index in [2.05, 4.69) is 15.0 Å². The molecule has 1 aliphatic carbocycles. The third-order valence-corrected chi connectivity index (χ3v) is 6.40. The smallest absolute Gasteiger partial charge is 0.309 e. The van der Waals surface area contributed by atoms with Gasteiger partial charge in [-0.25, -0.2) is 9.37 Å². The van der Waals surface area contributed by atoms with Crippen molar-refractivity contribution in [1.82, 2.24) is 9.88 Å². The summed E-state index contributed by atoms with van der Waals surface area (Å²) < 4.78 is 25.2. The molecule has 10 heteroatoms. The second-order valence-corrected chi connectivity index (χ2v) is 8.83. The van der Waals surface area contributed by atoms with Crippen molar-refractivity contribution in [3.8, 4) is 16.9 Å². The fraction of sp³-hybridized carbons (Fsp3) is 0.440. The number of ether oxygens (including phenoxy) is 2. The number of amides is 2. The Balaban J connectivity index is 1.39. The van der Waals surface area contributed by atoms with Crippen LogP contribution < -0.4 is 10.1 Å². The number of alkyl halides is 1. The Labute approximate surface area is 202 Å². The second kappa shape index (κ2) is 10.4. The molecule has 2 aliphatic rings. The van der Waals surface area contributed by atoms with Crippen molar-refractivity contribution >= 4 is 23.6 Å². The average Bonchev–Trinajstić information content (AvgIpc) is 3.67. The third kappa shape index (κ3) is 5.59. The molecule has 2 fully saturated rings. The van der Waals surface area contributed by atoms with E-state index in [0.717, 1.165) is 16.7 Å². The number of benzene rings is 1. The van der Waals surface area contributed by atoms with Crippen molar-refractivity contribution in [3.05, 3.63) is 42.1 Å². The van der Waals surface area contributed by atoms with Gasteiger partial charge in [0.05, 0.1) is 25.5 Å². The van der Waals surface area contributed by atoms with Crippen molar-refractivity contribution in [3.63, 3.8) is 0 Å². The number of rotatable bonds is 7. The number of aryl methyl sites for hydroxylation is 1. The maximum Gasteiger partial charge on any atom is 0.309 e. The molecule has 2 heterocycles. The predicted molar refractivity (Wildman–Crippen MR) is 124 cm³/mol. The summed E-state index contributed by atoms with van der Waals surface area (Å²) in [5.41, 5.74) is 2.50. The number of hydrogen-bond acceptors (Lipinski definition) is 7. The molecule has 186 valence electrons. The second-order valence-electron chi connectivity index (χ2n) is 8.83. The maximum absolute atomic E-state index is 14.6. The number of aliphatic hydroxyl groups excluding tert-OH is 1. The quantitative estimate of drug-likeness (QED) is 0.577. The summed E-state index contributed by atoms with van der Waals surface area (Å²) in [4.78, 5) is 41.1. The van der Waals surface area contributed by atoms with Crippen LogP contribution in [0.3, 0.4) is 0 Å². The van der Waals surface area contributed by atoms with E-state index in [9.17, 15) is 18.8 Å². The third-order valence-electron chi connectivity index (χ3n) is 6.40. The van der Waals surface area contributed by atoms with Crippen molar-refractivity contribution < 1.29 is 33.4 Å². The summed E-state index contributed by atoms with van der Waals surface area (Å²) in [6, 6.07) is 9.07. The lowest BCUT2D eigenvalue weighted by Gasteiger charge is -2.34. The van der Waals surface area contributed by atoms with Gasteiger partial charge in [0.2, 0.25) is 11.8 Å². The van der Waals surface area contributed by atoms with Gasteiger partial charge >= 0.3 is 5.97 Å². The molecular weight excluding hydrogens is 457 g/mol. The number of esters is 1. The number of carbonyl (C=O) groups excluding carboxylic acids is 3. The van der Waals surface area contributed by atoms with Crippen LogP contribution in [0.4, 0.5) is 10.2 Å². The Morgan fingerprint density at radius 2 is 1.97 bits per heavy atom. The first-order valence-corrected chi connectivity index (χ1v) is 11.5. The van der Waals surface area contributed by atoms with Crippen LogP contribution in [0.15, 0.2) is 36.5 Å². The van der Waals surface area contributed by atoms with Crippen LogP contribution >= 0.6 is 0 Å². The van der Waals surface area contributed by atoms with Crippen LogP contribution in [-0.4, -0.2) is 71.9 Å². The molecule has 0 radical (unpaired) electrons. The van der Waals surface area contributed by atoms with Crippen LogP contribution in [0, 0.1) is 18.8 Å². The van der Waals surface area contributed by atoms with Crippen LogP contribution in [0.2, 0.25) is 0 Å². The largest absolute Gasteiger partial charge is 0.487 e. The molecule has 0 spiro atoms. The SMILES string of the molecule is COC(=O)[C@@H]1C[C@H]1C(=O)Nc1cc(-c2ccc(O[C@H]3CCN(C(=O)CO)C[C@H]3F)c(C)c2)ccn1. The summed E-state index contributed by atoms with van der Waals surface area (Å²) in [5.74, 6) is -1.01. The predicted octanol–water partition coefficient (Wildman–Crippen LogP) is 2.11. The number of aliphatic hydroxyl groups is 1. The monoisotopic (exact) mass is 485 g/mol. The van der Waals surface area contributed by atoms with E-state index in [1.165, 1.54) is 12.0 Å². The van der Waals surface area contributed by atoms with Crippen molar-refractivity contribution in [1.29, 1.82) is 0 Å². The highest BCUT2D eigenvalue weighted by molar-refractivity contribution is 5.98. The summed E-state index contributed by atoms with van der Waals surface area (Å²) in [5, 5.41) is 11.7. The van der Waals surface area contributed by atoms with Crippen LogP contribution in [0.5, 0.6) is 5.75 Å². The minimum Gasteiger partial charge on any atom is -0.487 e. The maximum atomic E-state index is 14.6. The molecule has 2 amide bonds. The molecule has 4 rings (SSSR count). The summed E-state index contributed by atoms with van der Waals surface area (Å²) >= 11 is 0. The number of nitrogens with one attached hydrogen (secondary N) is 1. The highest BCUT2D eigenvalue weighted by Crippen LogP contribution is 2.40. The molecule has 4 atom stereocenters. The lowest BCUT2D eigenvalue weighted by atomic mass is 10.0. The number of likely N-dealkylation sites (tertiary alicyclic amines) is 1. The minimum absolute atomic E-state index is 0.103. The number of nitrogens with zero attached hydrogens (tertiary/aromatic N) is 2. The molecule has 2 N–H and O–H groups in total. The van der Waals surface area contributed by atoms with Gasteiger partial charge in [-0.1, -0.05) is 6.07 Å². The van der Waals surface area contributed by atoms with Gasteiger partial charge in [0.25, 0.3) is 0 Å².